The van der Waals surface area contributed by atoms with Gasteiger partial charge in [0.05, 0.1) is 6.54 Å². The number of carbonyl (C=O) groups excluding carboxylic acids is 1. The summed E-state index contributed by atoms with van der Waals surface area (Å²) < 4.78 is 26.8. The van der Waals surface area contributed by atoms with E-state index in [9.17, 15) is 13.6 Å². The number of nitrogens with zero attached hydrogens (tertiary/aromatic N) is 1. The molecule has 0 aromatic carbocycles. The first-order valence-electron chi connectivity index (χ1n) is 6.30. The van der Waals surface area contributed by atoms with E-state index < -0.39 is 5.92 Å². The average Bonchev–Trinajstić information content (AvgIpc) is 2.19. The second-order valence-electron chi connectivity index (χ2n) is 4.86. The van der Waals surface area contributed by atoms with Gasteiger partial charge < -0.3 is 5.32 Å². The fourth-order valence-electron chi connectivity index (χ4n) is 2.29. The number of likely N-dealkylation sites (tertiary alicyclic amines) is 1. The van der Waals surface area contributed by atoms with Crippen LogP contribution in [0.25, 0.3) is 0 Å². The molecule has 1 aliphatic heterocycles. The minimum absolute atomic E-state index is 0.0419. The highest BCUT2D eigenvalue weighted by Crippen LogP contribution is 2.23. The summed E-state index contributed by atoms with van der Waals surface area (Å²) in [7, 11) is 0. The number of hydrogen-bond donors (Lipinski definition) is 1. The lowest BCUT2D eigenvalue weighted by Crippen LogP contribution is -2.47. The van der Waals surface area contributed by atoms with Gasteiger partial charge in [-0.25, -0.2) is 8.78 Å². The lowest BCUT2D eigenvalue weighted by molar-refractivity contribution is -0.120. The van der Waals surface area contributed by atoms with E-state index in [1.807, 2.05) is 0 Å². The topological polar surface area (TPSA) is 32.3 Å². The molecule has 1 fully saturated rings. The number of hydrogen-bond acceptors (Lipinski definition) is 2. The van der Waals surface area contributed by atoms with Crippen LogP contribution in [0, 0.1) is 0 Å². The fourth-order valence-corrected chi connectivity index (χ4v) is 2.29. The van der Waals surface area contributed by atoms with Gasteiger partial charge in [-0.1, -0.05) is 13.3 Å². The molecule has 0 aliphatic carbocycles. The molecule has 5 heteroatoms. The number of carbonyl (C=O) groups is 1. The summed E-state index contributed by atoms with van der Waals surface area (Å²) in [6.07, 6.45) is 2.00. The maximum absolute atomic E-state index is 13.4. The minimum atomic E-state index is -2.57. The Labute approximate surface area is 102 Å². The molecule has 0 bridgehead atoms. The van der Waals surface area contributed by atoms with Gasteiger partial charge in [-0.3, -0.25) is 9.69 Å². The second kappa shape index (κ2) is 6.28. The molecule has 0 saturated carbocycles. The molecule has 17 heavy (non-hydrogen) atoms. The second-order valence-corrected chi connectivity index (χ2v) is 4.86. The molecule has 1 saturated heterocycles. The van der Waals surface area contributed by atoms with Crippen molar-refractivity contribution in [3.8, 4) is 0 Å². The summed E-state index contributed by atoms with van der Waals surface area (Å²) >= 11 is 0. The zero-order chi connectivity index (χ0) is 12.9. The van der Waals surface area contributed by atoms with Gasteiger partial charge in [0.25, 0.3) is 5.92 Å². The number of halogens is 2. The van der Waals surface area contributed by atoms with Crippen molar-refractivity contribution < 1.29 is 13.6 Å². The first-order chi connectivity index (χ1) is 7.93. The summed E-state index contributed by atoms with van der Waals surface area (Å²) in [5.41, 5.74) is 0. The highest BCUT2D eigenvalue weighted by atomic mass is 19.3. The SMILES string of the molecule is CCCC(F)(F)CN1CCC(NC(C)=O)CC1. The smallest absolute Gasteiger partial charge is 0.260 e. The van der Waals surface area contributed by atoms with E-state index in [4.69, 9.17) is 0 Å². The van der Waals surface area contributed by atoms with Crippen LogP contribution in [0.15, 0.2) is 0 Å². The highest BCUT2D eigenvalue weighted by molar-refractivity contribution is 5.73. The van der Waals surface area contributed by atoms with Crippen LogP contribution in [-0.4, -0.2) is 42.4 Å². The van der Waals surface area contributed by atoms with Crippen LogP contribution in [-0.2, 0) is 4.79 Å². The van der Waals surface area contributed by atoms with Crippen LogP contribution in [0.3, 0.4) is 0 Å². The molecule has 1 rings (SSSR count). The Morgan fingerprint density at radius 2 is 2.00 bits per heavy atom. The lowest BCUT2D eigenvalue weighted by atomic mass is 10.0. The van der Waals surface area contributed by atoms with E-state index in [-0.39, 0.29) is 24.9 Å². The third-order valence-corrected chi connectivity index (χ3v) is 3.07. The summed E-state index contributed by atoms with van der Waals surface area (Å²) in [5.74, 6) is -2.62. The van der Waals surface area contributed by atoms with Crippen molar-refractivity contribution in [3.05, 3.63) is 0 Å². The maximum Gasteiger partial charge on any atom is 0.260 e. The number of piperidine rings is 1. The summed E-state index contributed by atoms with van der Waals surface area (Å²) in [6, 6.07) is 0.156. The van der Waals surface area contributed by atoms with Crippen molar-refractivity contribution in [2.24, 2.45) is 0 Å². The Kier molecular flexibility index (Phi) is 5.31. The molecular formula is C12H22F2N2O. The Morgan fingerprint density at radius 3 is 2.47 bits per heavy atom. The highest BCUT2D eigenvalue weighted by Gasteiger charge is 2.32. The van der Waals surface area contributed by atoms with Crippen molar-refractivity contribution in [2.75, 3.05) is 19.6 Å². The standard InChI is InChI=1S/C12H22F2N2O/c1-3-6-12(13,14)9-16-7-4-11(5-8-16)15-10(2)17/h11H,3-9H2,1-2H3,(H,15,17). The molecule has 0 spiro atoms. The van der Waals surface area contributed by atoms with Gasteiger partial charge in [-0.15, -0.1) is 0 Å². The van der Waals surface area contributed by atoms with Crippen LogP contribution < -0.4 is 5.32 Å². The molecule has 3 nitrogen and oxygen atoms in total. The van der Waals surface area contributed by atoms with Crippen molar-refractivity contribution in [2.45, 2.75) is 51.5 Å². The predicted molar refractivity (Wildman–Crippen MR) is 63.1 cm³/mol. The van der Waals surface area contributed by atoms with E-state index >= 15 is 0 Å². The third-order valence-electron chi connectivity index (χ3n) is 3.07. The lowest BCUT2D eigenvalue weighted by Gasteiger charge is -2.34. The first-order valence-corrected chi connectivity index (χ1v) is 6.30. The zero-order valence-electron chi connectivity index (χ0n) is 10.6. The van der Waals surface area contributed by atoms with Crippen LogP contribution in [0.4, 0.5) is 8.78 Å². The quantitative estimate of drug-likeness (QED) is 0.807. The average molecular weight is 248 g/mol. The molecule has 1 heterocycles. The Morgan fingerprint density at radius 1 is 1.41 bits per heavy atom. The van der Waals surface area contributed by atoms with E-state index in [0.717, 1.165) is 12.8 Å². The Balaban J connectivity index is 2.29. The predicted octanol–water partition coefficient (Wildman–Crippen LogP) is 2.02. The number of amides is 1. The van der Waals surface area contributed by atoms with Crippen molar-refractivity contribution in [3.63, 3.8) is 0 Å². The van der Waals surface area contributed by atoms with Crippen LogP contribution in [0.1, 0.15) is 39.5 Å². The van der Waals surface area contributed by atoms with Crippen molar-refractivity contribution >= 4 is 5.91 Å². The number of alkyl halides is 2. The molecule has 0 aromatic heterocycles. The number of nitrogens with one attached hydrogen (secondary N) is 1. The molecule has 0 aromatic rings. The molecule has 1 N–H and O–H groups in total. The van der Waals surface area contributed by atoms with Crippen LogP contribution in [0.5, 0.6) is 0 Å². The van der Waals surface area contributed by atoms with Crippen LogP contribution in [0.2, 0.25) is 0 Å². The van der Waals surface area contributed by atoms with Gasteiger partial charge in [0.1, 0.15) is 0 Å². The molecule has 100 valence electrons. The van der Waals surface area contributed by atoms with E-state index in [1.54, 1.807) is 11.8 Å². The zero-order valence-corrected chi connectivity index (χ0v) is 10.6. The van der Waals surface area contributed by atoms with E-state index in [0.29, 0.717) is 19.5 Å². The first kappa shape index (κ1) is 14.4. The van der Waals surface area contributed by atoms with E-state index in [1.165, 1.54) is 6.92 Å². The van der Waals surface area contributed by atoms with Crippen molar-refractivity contribution in [1.29, 1.82) is 0 Å². The molecule has 0 radical (unpaired) electrons. The molecular weight excluding hydrogens is 226 g/mol. The normalized spacial score (nSPS) is 19.3. The minimum Gasteiger partial charge on any atom is -0.354 e. The van der Waals surface area contributed by atoms with Gasteiger partial charge in [0.15, 0.2) is 0 Å². The van der Waals surface area contributed by atoms with Gasteiger partial charge >= 0.3 is 0 Å². The largest absolute Gasteiger partial charge is 0.354 e. The molecule has 1 aliphatic rings. The third kappa shape index (κ3) is 5.44. The summed E-state index contributed by atoms with van der Waals surface area (Å²) in [4.78, 5) is 12.7. The Bertz CT molecular complexity index is 251. The maximum atomic E-state index is 13.4. The monoisotopic (exact) mass is 248 g/mol. The van der Waals surface area contributed by atoms with Crippen LogP contribution >= 0.6 is 0 Å². The fraction of sp³-hybridized carbons (Fsp3) is 0.917. The molecule has 0 unspecified atom stereocenters. The van der Waals surface area contributed by atoms with Crippen molar-refractivity contribution in [1.82, 2.24) is 10.2 Å². The van der Waals surface area contributed by atoms with E-state index in [2.05, 4.69) is 5.32 Å². The summed E-state index contributed by atoms with van der Waals surface area (Å²) in [5, 5.41) is 2.84. The molecule has 1 amide bonds. The Hall–Kier alpha value is -0.710. The van der Waals surface area contributed by atoms with Gasteiger partial charge in [0.2, 0.25) is 5.91 Å². The van der Waals surface area contributed by atoms with Gasteiger partial charge in [-0.2, -0.15) is 0 Å². The van der Waals surface area contributed by atoms with Gasteiger partial charge in [-0.05, 0) is 12.8 Å². The van der Waals surface area contributed by atoms with Gasteiger partial charge in [0, 0.05) is 32.5 Å². The summed E-state index contributed by atoms with van der Waals surface area (Å²) in [6.45, 7) is 4.40. The molecule has 0 atom stereocenters. The number of rotatable bonds is 5.